The molecule has 0 aliphatic carbocycles. The number of carboxylic acid groups (broad SMARTS) is 1. The average molecular weight is 277 g/mol. The number of para-hydroxylation sites is 1. The number of hydrogen-bond acceptors (Lipinski definition) is 3. The molecule has 0 bridgehead atoms. The smallest absolute Gasteiger partial charge is 0.308 e. The predicted octanol–water partition coefficient (Wildman–Crippen LogP) is 1.78. The Balaban J connectivity index is 1.65. The molecule has 0 unspecified atom stereocenters. The van der Waals surface area contributed by atoms with Crippen LogP contribution in [0.4, 0.5) is 0 Å². The molecule has 2 rings (SSSR count). The number of carboxylic acids is 1. The number of amides is 1. The number of aliphatic carboxylic acids is 1. The largest absolute Gasteiger partial charge is 0.494 e. The number of likely N-dealkylation sites (tertiary alicyclic amines) is 1. The van der Waals surface area contributed by atoms with Crippen molar-refractivity contribution in [2.24, 2.45) is 5.92 Å². The molecule has 1 N–H and O–H groups in total. The summed E-state index contributed by atoms with van der Waals surface area (Å²) in [6.07, 6.45) is 1.60. The van der Waals surface area contributed by atoms with Crippen molar-refractivity contribution < 1.29 is 19.4 Å². The molecule has 1 amide bonds. The van der Waals surface area contributed by atoms with Gasteiger partial charge in [-0.2, -0.15) is 0 Å². The second-order valence-electron chi connectivity index (χ2n) is 4.93. The van der Waals surface area contributed by atoms with Crippen molar-refractivity contribution in [3.05, 3.63) is 30.3 Å². The summed E-state index contributed by atoms with van der Waals surface area (Å²) in [5.41, 5.74) is 0. The van der Waals surface area contributed by atoms with Crippen molar-refractivity contribution in [2.45, 2.75) is 19.3 Å². The SMILES string of the molecule is O=C(O)[C@H]1CCN(C(=O)CCCOc2ccccc2)C1. The van der Waals surface area contributed by atoms with Crippen LogP contribution in [0.2, 0.25) is 0 Å². The normalized spacial score (nSPS) is 18.0. The zero-order valence-corrected chi connectivity index (χ0v) is 11.3. The molecule has 0 aromatic heterocycles. The summed E-state index contributed by atoms with van der Waals surface area (Å²) in [6, 6.07) is 9.47. The minimum Gasteiger partial charge on any atom is -0.494 e. The van der Waals surface area contributed by atoms with Crippen LogP contribution in [0, 0.1) is 5.92 Å². The van der Waals surface area contributed by atoms with E-state index >= 15 is 0 Å². The van der Waals surface area contributed by atoms with Gasteiger partial charge in [0.25, 0.3) is 0 Å². The molecular formula is C15H19NO4. The zero-order valence-electron chi connectivity index (χ0n) is 11.3. The highest BCUT2D eigenvalue weighted by Gasteiger charge is 2.30. The Hall–Kier alpha value is -2.04. The van der Waals surface area contributed by atoms with E-state index in [2.05, 4.69) is 0 Å². The van der Waals surface area contributed by atoms with Crippen LogP contribution in [0.15, 0.2) is 30.3 Å². The number of hydrogen-bond donors (Lipinski definition) is 1. The summed E-state index contributed by atoms with van der Waals surface area (Å²) in [5, 5.41) is 8.90. The quantitative estimate of drug-likeness (QED) is 0.805. The van der Waals surface area contributed by atoms with Gasteiger partial charge in [0, 0.05) is 19.5 Å². The maximum atomic E-state index is 11.9. The van der Waals surface area contributed by atoms with E-state index in [9.17, 15) is 9.59 Å². The Kier molecular flexibility index (Phi) is 4.98. The summed E-state index contributed by atoms with van der Waals surface area (Å²) in [6.45, 7) is 1.38. The van der Waals surface area contributed by atoms with Gasteiger partial charge in [-0.25, -0.2) is 0 Å². The molecule has 1 fully saturated rings. The Bertz CT molecular complexity index is 460. The molecule has 5 nitrogen and oxygen atoms in total. The van der Waals surface area contributed by atoms with Crippen LogP contribution in [0.25, 0.3) is 0 Å². The second-order valence-corrected chi connectivity index (χ2v) is 4.93. The van der Waals surface area contributed by atoms with Gasteiger partial charge in [0.05, 0.1) is 12.5 Å². The standard InChI is InChI=1S/C15H19NO4/c17-14(16-9-8-12(11-16)15(18)19)7-4-10-20-13-5-2-1-3-6-13/h1-3,5-6,12H,4,7-11H2,(H,18,19)/t12-/m0/s1. The first-order valence-corrected chi connectivity index (χ1v) is 6.85. The number of ether oxygens (including phenoxy) is 1. The van der Waals surface area contributed by atoms with Gasteiger partial charge in [-0.1, -0.05) is 18.2 Å². The summed E-state index contributed by atoms with van der Waals surface area (Å²) in [5.74, 6) is -0.398. The minimum atomic E-state index is -0.812. The Morgan fingerprint density at radius 2 is 2.05 bits per heavy atom. The number of nitrogens with zero attached hydrogens (tertiary/aromatic N) is 1. The van der Waals surface area contributed by atoms with Crippen LogP contribution in [0.5, 0.6) is 5.75 Å². The van der Waals surface area contributed by atoms with Crippen molar-refractivity contribution in [2.75, 3.05) is 19.7 Å². The maximum Gasteiger partial charge on any atom is 0.308 e. The zero-order chi connectivity index (χ0) is 14.4. The van der Waals surface area contributed by atoms with E-state index in [-0.39, 0.29) is 5.91 Å². The fourth-order valence-corrected chi connectivity index (χ4v) is 2.28. The van der Waals surface area contributed by atoms with Gasteiger partial charge in [0.1, 0.15) is 5.75 Å². The van der Waals surface area contributed by atoms with Gasteiger partial charge < -0.3 is 14.7 Å². The fraction of sp³-hybridized carbons (Fsp3) is 0.467. The molecule has 1 aromatic carbocycles. The molecule has 1 aromatic rings. The maximum absolute atomic E-state index is 11.9. The lowest BCUT2D eigenvalue weighted by atomic mass is 10.1. The van der Waals surface area contributed by atoms with Crippen LogP contribution in [0.3, 0.4) is 0 Å². The van der Waals surface area contributed by atoms with Crippen molar-refractivity contribution in [1.29, 1.82) is 0 Å². The molecule has 1 heterocycles. The van der Waals surface area contributed by atoms with E-state index in [0.717, 1.165) is 5.75 Å². The predicted molar refractivity (Wildman–Crippen MR) is 73.5 cm³/mol. The van der Waals surface area contributed by atoms with E-state index in [0.29, 0.717) is 39.0 Å². The van der Waals surface area contributed by atoms with E-state index in [1.165, 1.54) is 0 Å². The van der Waals surface area contributed by atoms with Crippen molar-refractivity contribution >= 4 is 11.9 Å². The molecular weight excluding hydrogens is 258 g/mol. The number of rotatable bonds is 6. The number of carbonyl (C=O) groups excluding carboxylic acids is 1. The first-order valence-electron chi connectivity index (χ1n) is 6.85. The third kappa shape index (κ3) is 3.98. The van der Waals surface area contributed by atoms with E-state index in [1.807, 2.05) is 30.3 Å². The average Bonchev–Trinajstić information content (AvgIpc) is 2.94. The monoisotopic (exact) mass is 277 g/mol. The van der Waals surface area contributed by atoms with Crippen LogP contribution in [-0.4, -0.2) is 41.6 Å². The van der Waals surface area contributed by atoms with Crippen molar-refractivity contribution in [3.8, 4) is 5.75 Å². The number of benzene rings is 1. The molecule has 1 atom stereocenters. The molecule has 1 saturated heterocycles. The summed E-state index contributed by atoms with van der Waals surface area (Å²) in [4.78, 5) is 24.4. The van der Waals surface area contributed by atoms with E-state index < -0.39 is 11.9 Å². The molecule has 108 valence electrons. The van der Waals surface area contributed by atoms with Crippen LogP contribution >= 0.6 is 0 Å². The van der Waals surface area contributed by atoms with E-state index in [1.54, 1.807) is 4.90 Å². The lowest BCUT2D eigenvalue weighted by molar-refractivity contribution is -0.141. The third-order valence-corrected chi connectivity index (χ3v) is 3.44. The first kappa shape index (κ1) is 14.4. The number of carbonyl (C=O) groups is 2. The topological polar surface area (TPSA) is 66.8 Å². The van der Waals surface area contributed by atoms with Crippen LogP contribution < -0.4 is 4.74 Å². The van der Waals surface area contributed by atoms with Gasteiger partial charge in [0.2, 0.25) is 5.91 Å². The molecule has 1 aliphatic rings. The summed E-state index contributed by atoms with van der Waals surface area (Å²) in [7, 11) is 0. The van der Waals surface area contributed by atoms with Crippen molar-refractivity contribution in [1.82, 2.24) is 4.90 Å². The third-order valence-electron chi connectivity index (χ3n) is 3.44. The van der Waals surface area contributed by atoms with Gasteiger partial charge in [-0.15, -0.1) is 0 Å². The lowest BCUT2D eigenvalue weighted by Gasteiger charge is -2.15. The minimum absolute atomic E-state index is 0.0189. The van der Waals surface area contributed by atoms with E-state index in [4.69, 9.17) is 9.84 Å². The Morgan fingerprint density at radius 3 is 2.70 bits per heavy atom. The highest BCUT2D eigenvalue weighted by molar-refractivity contribution is 5.78. The fourth-order valence-electron chi connectivity index (χ4n) is 2.28. The van der Waals surface area contributed by atoms with Gasteiger partial charge in [-0.05, 0) is 25.0 Å². The lowest BCUT2D eigenvalue weighted by Crippen LogP contribution is -2.30. The molecule has 20 heavy (non-hydrogen) atoms. The summed E-state index contributed by atoms with van der Waals surface area (Å²) >= 11 is 0. The first-order chi connectivity index (χ1) is 9.66. The molecule has 5 heteroatoms. The molecule has 1 aliphatic heterocycles. The highest BCUT2D eigenvalue weighted by Crippen LogP contribution is 2.17. The Morgan fingerprint density at radius 1 is 1.30 bits per heavy atom. The van der Waals surface area contributed by atoms with Crippen LogP contribution in [0.1, 0.15) is 19.3 Å². The molecule has 0 saturated carbocycles. The van der Waals surface area contributed by atoms with Gasteiger partial charge in [0.15, 0.2) is 0 Å². The second kappa shape index (κ2) is 6.93. The van der Waals surface area contributed by atoms with Crippen molar-refractivity contribution in [3.63, 3.8) is 0 Å². The summed E-state index contributed by atoms with van der Waals surface area (Å²) < 4.78 is 5.51. The Labute approximate surface area is 118 Å². The van der Waals surface area contributed by atoms with Crippen LogP contribution in [-0.2, 0) is 9.59 Å². The highest BCUT2D eigenvalue weighted by atomic mass is 16.5. The van der Waals surface area contributed by atoms with Gasteiger partial charge >= 0.3 is 5.97 Å². The molecule has 0 radical (unpaired) electrons. The molecule has 0 spiro atoms. The van der Waals surface area contributed by atoms with Gasteiger partial charge in [-0.3, -0.25) is 9.59 Å².